The first-order valence-electron chi connectivity index (χ1n) is 11.3. The number of rotatable bonds is 6. The van der Waals surface area contributed by atoms with Crippen molar-refractivity contribution in [3.05, 3.63) is 65.2 Å². The Bertz CT molecular complexity index is 1040. The summed E-state index contributed by atoms with van der Waals surface area (Å²) in [5, 5.41) is 9.40. The summed E-state index contributed by atoms with van der Waals surface area (Å²) in [7, 11) is 1.24. The Morgan fingerprint density at radius 1 is 1.15 bits per heavy atom. The maximum atomic E-state index is 13.7. The van der Waals surface area contributed by atoms with E-state index < -0.39 is 24.1 Å². The highest BCUT2D eigenvalue weighted by Gasteiger charge is 2.53. The van der Waals surface area contributed by atoms with E-state index in [1.165, 1.54) is 19.2 Å². The Morgan fingerprint density at radius 3 is 2.53 bits per heavy atom. The second kappa shape index (κ2) is 9.76. The van der Waals surface area contributed by atoms with E-state index in [1.807, 2.05) is 30.3 Å². The predicted octanol–water partition coefficient (Wildman–Crippen LogP) is 4.09. The average Bonchev–Trinajstić information content (AvgIpc) is 3.24. The number of hydrogen-bond donors (Lipinski definition) is 1. The Morgan fingerprint density at radius 2 is 1.88 bits per heavy atom. The van der Waals surface area contributed by atoms with Crippen LogP contribution >= 0.6 is 0 Å². The number of carbonyl (C=O) groups excluding carboxylic acids is 2. The van der Waals surface area contributed by atoms with Crippen molar-refractivity contribution in [3.8, 4) is 0 Å². The molecule has 0 spiro atoms. The summed E-state index contributed by atoms with van der Waals surface area (Å²) in [6, 6.07) is 13.1. The van der Waals surface area contributed by atoms with Gasteiger partial charge in [-0.25, -0.2) is 4.79 Å². The lowest BCUT2D eigenvalue weighted by molar-refractivity contribution is -0.171. The maximum absolute atomic E-state index is 13.7. The lowest BCUT2D eigenvalue weighted by Gasteiger charge is -2.46. The number of amides is 1. The number of hydrogen-bond acceptors (Lipinski definition) is 5. The zero-order valence-corrected chi connectivity index (χ0v) is 18.8. The van der Waals surface area contributed by atoms with E-state index in [1.54, 1.807) is 6.07 Å². The molecule has 2 aromatic rings. The van der Waals surface area contributed by atoms with Crippen LogP contribution in [0.4, 0.5) is 18.9 Å². The van der Waals surface area contributed by atoms with Gasteiger partial charge in [-0.1, -0.05) is 30.3 Å². The van der Waals surface area contributed by atoms with Gasteiger partial charge in [0.05, 0.1) is 12.7 Å². The number of carbonyl (C=O) groups is 2. The first-order valence-corrected chi connectivity index (χ1v) is 11.3. The van der Waals surface area contributed by atoms with Crippen LogP contribution in [-0.2, 0) is 16.1 Å². The maximum Gasteiger partial charge on any atom is 0.471 e. The molecule has 34 heavy (non-hydrogen) atoms. The summed E-state index contributed by atoms with van der Waals surface area (Å²) in [6.45, 7) is 1.05. The molecule has 2 aliphatic rings. The van der Waals surface area contributed by atoms with Crippen molar-refractivity contribution in [1.82, 2.24) is 4.90 Å². The number of anilines is 1. The van der Waals surface area contributed by atoms with Gasteiger partial charge in [-0.15, -0.1) is 0 Å². The molecule has 1 saturated heterocycles. The van der Waals surface area contributed by atoms with E-state index in [0.29, 0.717) is 25.1 Å². The number of ether oxygens (including phenoxy) is 1. The zero-order chi connectivity index (χ0) is 24.5. The summed E-state index contributed by atoms with van der Waals surface area (Å²) >= 11 is 0. The summed E-state index contributed by atoms with van der Waals surface area (Å²) in [6.07, 6.45) is -3.93. The molecule has 0 bridgehead atoms. The summed E-state index contributed by atoms with van der Waals surface area (Å²) in [4.78, 5) is 27.9. The zero-order valence-electron chi connectivity index (χ0n) is 18.8. The first kappa shape index (κ1) is 24.2. The third kappa shape index (κ3) is 4.54. The molecule has 2 aromatic carbocycles. The molecule has 4 rings (SSSR count). The molecule has 9 heteroatoms. The number of esters is 1. The van der Waals surface area contributed by atoms with Gasteiger partial charge in [0.2, 0.25) is 0 Å². The SMILES string of the molecule is COC(=O)c1ccc2c(c1)[C@@H]1[C@@H](CCN1Cc1ccccc1)[C@H](CCCO)N2C(=O)C(F)(F)F. The molecule has 1 fully saturated rings. The van der Waals surface area contributed by atoms with Gasteiger partial charge in [0.25, 0.3) is 0 Å². The topological polar surface area (TPSA) is 70.1 Å². The molecule has 0 aromatic heterocycles. The van der Waals surface area contributed by atoms with Crippen molar-refractivity contribution < 1.29 is 32.6 Å². The van der Waals surface area contributed by atoms with Gasteiger partial charge in [0, 0.05) is 36.8 Å². The van der Waals surface area contributed by atoms with Gasteiger partial charge in [-0.3, -0.25) is 9.69 Å². The van der Waals surface area contributed by atoms with Crippen LogP contribution in [0, 0.1) is 5.92 Å². The number of nitrogens with zero attached hydrogens (tertiary/aromatic N) is 2. The Hall–Kier alpha value is -2.91. The molecule has 0 aliphatic carbocycles. The van der Waals surface area contributed by atoms with Crippen LogP contribution in [0.1, 0.15) is 46.8 Å². The lowest BCUT2D eigenvalue weighted by Crippen LogP contribution is -2.54. The van der Waals surface area contributed by atoms with Gasteiger partial charge in [-0.2, -0.15) is 13.2 Å². The molecule has 3 atom stereocenters. The minimum atomic E-state index is -5.05. The van der Waals surface area contributed by atoms with Gasteiger partial charge in [0.15, 0.2) is 0 Å². The molecular weight excluding hydrogens is 449 g/mol. The number of methoxy groups -OCH3 is 1. The molecular formula is C25H27F3N2O4. The number of aliphatic hydroxyl groups is 1. The molecule has 182 valence electrons. The number of alkyl halides is 3. The highest BCUT2D eigenvalue weighted by atomic mass is 19.4. The number of aliphatic hydroxyl groups excluding tert-OH is 1. The fraction of sp³-hybridized carbons (Fsp3) is 0.440. The highest BCUT2D eigenvalue weighted by molar-refractivity contribution is 6.00. The molecule has 1 amide bonds. The number of fused-ring (bicyclic) bond motifs is 3. The van der Waals surface area contributed by atoms with Crippen LogP contribution in [0.3, 0.4) is 0 Å². The smallest absolute Gasteiger partial charge is 0.465 e. The van der Waals surface area contributed by atoms with E-state index in [2.05, 4.69) is 4.90 Å². The minimum absolute atomic E-state index is 0.152. The Balaban J connectivity index is 1.83. The van der Waals surface area contributed by atoms with Crippen LogP contribution in [0.15, 0.2) is 48.5 Å². The highest BCUT2D eigenvalue weighted by Crippen LogP contribution is 2.51. The number of likely N-dealkylation sites (tertiary alicyclic amines) is 1. The molecule has 1 N–H and O–H groups in total. The van der Waals surface area contributed by atoms with Crippen molar-refractivity contribution in [2.45, 2.75) is 44.1 Å². The van der Waals surface area contributed by atoms with Gasteiger partial charge < -0.3 is 14.7 Å². The fourth-order valence-corrected chi connectivity index (χ4v) is 5.37. The van der Waals surface area contributed by atoms with Crippen LogP contribution < -0.4 is 4.90 Å². The standard InChI is InChI=1S/C25H27F3N2O4/c1-34-23(32)17-9-10-21-19(14-17)22-18(11-12-29(22)15-16-6-3-2-4-7-16)20(8-5-13-31)30(21)24(33)25(26,27)28/h2-4,6-7,9-10,14,18,20,22,31H,5,8,11-13,15H2,1H3/t18-,20-,22-/m0/s1. The van der Waals surface area contributed by atoms with Crippen LogP contribution in [-0.4, -0.2) is 54.4 Å². The van der Waals surface area contributed by atoms with Gasteiger partial charge in [0.1, 0.15) is 0 Å². The molecule has 2 aliphatic heterocycles. The van der Waals surface area contributed by atoms with E-state index in [4.69, 9.17) is 4.74 Å². The molecule has 0 unspecified atom stereocenters. The molecule has 6 nitrogen and oxygen atoms in total. The summed E-state index contributed by atoms with van der Waals surface area (Å²) in [5.41, 5.74) is 1.95. The molecule has 0 radical (unpaired) electrons. The molecule has 2 heterocycles. The third-order valence-electron chi connectivity index (χ3n) is 6.75. The van der Waals surface area contributed by atoms with Crippen LogP contribution in [0.5, 0.6) is 0 Å². The van der Waals surface area contributed by atoms with E-state index in [-0.39, 0.29) is 42.7 Å². The monoisotopic (exact) mass is 476 g/mol. The minimum Gasteiger partial charge on any atom is -0.465 e. The van der Waals surface area contributed by atoms with E-state index in [9.17, 15) is 27.9 Å². The first-order chi connectivity index (χ1) is 16.3. The van der Waals surface area contributed by atoms with Crippen LogP contribution in [0.2, 0.25) is 0 Å². The van der Waals surface area contributed by atoms with Crippen molar-refractivity contribution in [3.63, 3.8) is 0 Å². The second-order valence-corrected chi connectivity index (χ2v) is 8.72. The number of halogens is 3. The normalized spacial score (nSPS) is 22.3. The van der Waals surface area contributed by atoms with E-state index in [0.717, 1.165) is 10.5 Å². The van der Waals surface area contributed by atoms with Gasteiger partial charge in [-0.05, 0) is 55.1 Å². The third-order valence-corrected chi connectivity index (χ3v) is 6.75. The van der Waals surface area contributed by atoms with Crippen molar-refractivity contribution in [1.29, 1.82) is 0 Å². The molecule has 0 saturated carbocycles. The Labute approximate surface area is 195 Å². The lowest BCUT2D eigenvalue weighted by atomic mass is 9.79. The van der Waals surface area contributed by atoms with Crippen molar-refractivity contribution in [2.75, 3.05) is 25.2 Å². The average molecular weight is 476 g/mol. The summed E-state index contributed by atoms with van der Waals surface area (Å²) in [5.74, 6) is -2.80. The summed E-state index contributed by atoms with van der Waals surface area (Å²) < 4.78 is 45.8. The second-order valence-electron chi connectivity index (χ2n) is 8.72. The van der Waals surface area contributed by atoms with Gasteiger partial charge >= 0.3 is 18.1 Å². The Kier molecular flexibility index (Phi) is 6.95. The predicted molar refractivity (Wildman–Crippen MR) is 119 cm³/mol. The van der Waals surface area contributed by atoms with E-state index >= 15 is 0 Å². The quantitative estimate of drug-likeness (QED) is 0.637. The number of benzene rings is 2. The fourth-order valence-electron chi connectivity index (χ4n) is 5.37. The van der Waals surface area contributed by atoms with Crippen molar-refractivity contribution >= 4 is 17.6 Å². The van der Waals surface area contributed by atoms with Crippen LogP contribution in [0.25, 0.3) is 0 Å². The largest absolute Gasteiger partial charge is 0.471 e. The van der Waals surface area contributed by atoms with Crippen molar-refractivity contribution in [2.24, 2.45) is 5.92 Å².